The molecule has 2 aromatic carbocycles. The van der Waals surface area contributed by atoms with Crippen LogP contribution in [0.25, 0.3) is 0 Å². The van der Waals surface area contributed by atoms with Gasteiger partial charge in [0, 0.05) is 16.5 Å². The minimum Gasteiger partial charge on any atom is -0.493 e. The summed E-state index contributed by atoms with van der Waals surface area (Å²) in [6.45, 7) is 2.58. The highest BCUT2D eigenvalue weighted by Crippen LogP contribution is 2.66. The molecule has 0 spiro atoms. The second-order valence-electron chi connectivity index (χ2n) is 8.48. The first-order valence-corrected chi connectivity index (χ1v) is 12.0. The fourth-order valence-electron chi connectivity index (χ4n) is 4.81. The van der Waals surface area contributed by atoms with Crippen LogP contribution < -0.4 is 14.9 Å². The van der Waals surface area contributed by atoms with Crippen molar-refractivity contribution in [1.29, 1.82) is 0 Å². The van der Waals surface area contributed by atoms with Gasteiger partial charge in [-0.2, -0.15) is 5.10 Å². The van der Waals surface area contributed by atoms with E-state index in [-0.39, 0.29) is 17.2 Å². The molecule has 0 aliphatic heterocycles. The van der Waals surface area contributed by atoms with Crippen molar-refractivity contribution >= 4 is 46.3 Å². The Balaban J connectivity index is 1.40. The number of fused-ring (bicyclic) bond motifs is 1. The van der Waals surface area contributed by atoms with Crippen molar-refractivity contribution in [3.05, 3.63) is 56.1 Å². The molecule has 0 radical (unpaired) electrons. The van der Waals surface area contributed by atoms with Crippen molar-refractivity contribution in [2.45, 2.75) is 39.2 Å². The first kappa shape index (κ1) is 22.4. The molecule has 0 bridgehead atoms. The van der Waals surface area contributed by atoms with Crippen molar-refractivity contribution in [2.75, 3.05) is 7.11 Å². The number of nitrogens with one attached hydrogen (secondary N) is 1. The number of rotatable bonds is 7. The molecule has 0 saturated heterocycles. The van der Waals surface area contributed by atoms with Crippen LogP contribution >= 0.6 is 34.2 Å². The second-order valence-corrected chi connectivity index (χ2v) is 10.1. The molecule has 31 heavy (non-hydrogen) atoms. The van der Waals surface area contributed by atoms with Gasteiger partial charge in [0.15, 0.2) is 11.5 Å². The third kappa shape index (κ3) is 4.70. The molecule has 0 heterocycles. The van der Waals surface area contributed by atoms with E-state index in [0.29, 0.717) is 29.0 Å². The molecule has 1 amide bonds. The van der Waals surface area contributed by atoms with Gasteiger partial charge in [-0.1, -0.05) is 49.6 Å². The number of carbonyl (C=O) groups excluding carboxylic acids is 1. The molecular formula is C24H26ClIN2O3. The fraction of sp³-hybridized carbons (Fsp3) is 0.417. The van der Waals surface area contributed by atoms with Crippen LogP contribution in [0.2, 0.25) is 5.02 Å². The molecule has 2 aliphatic carbocycles. The van der Waals surface area contributed by atoms with E-state index in [1.165, 1.54) is 12.8 Å². The van der Waals surface area contributed by atoms with E-state index in [2.05, 4.69) is 40.0 Å². The molecule has 0 aromatic heterocycles. The Morgan fingerprint density at radius 1 is 1.35 bits per heavy atom. The maximum atomic E-state index is 12.6. The van der Waals surface area contributed by atoms with Gasteiger partial charge >= 0.3 is 0 Å². The number of hydrogen-bond acceptors (Lipinski definition) is 4. The van der Waals surface area contributed by atoms with Crippen molar-refractivity contribution in [3.8, 4) is 11.5 Å². The monoisotopic (exact) mass is 552 g/mol. The van der Waals surface area contributed by atoms with Gasteiger partial charge in [0.05, 0.1) is 16.9 Å². The normalized spacial score (nSPS) is 24.5. The van der Waals surface area contributed by atoms with Crippen LogP contribution in [0.4, 0.5) is 0 Å². The zero-order valence-corrected chi connectivity index (χ0v) is 20.6. The molecule has 4 rings (SSSR count). The number of hydrazone groups is 1. The average molecular weight is 553 g/mol. The predicted molar refractivity (Wildman–Crippen MR) is 131 cm³/mol. The Labute approximate surface area is 201 Å². The number of benzene rings is 2. The predicted octanol–water partition coefficient (Wildman–Crippen LogP) is 5.81. The Morgan fingerprint density at radius 3 is 2.87 bits per heavy atom. The number of halogens is 2. The Bertz CT molecular complexity index is 1010. The summed E-state index contributed by atoms with van der Waals surface area (Å²) >= 11 is 8.43. The van der Waals surface area contributed by atoms with Gasteiger partial charge in [0.25, 0.3) is 0 Å². The number of ether oxygens (including phenoxy) is 2. The summed E-state index contributed by atoms with van der Waals surface area (Å²) in [4.78, 5) is 12.6. The third-order valence-electron chi connectivity index (χ3n) is 6.58. The standard InChI is InChI=1S/C24H26ClIN2O3/c1-24-10-6-5-8-17(24)21(24)23(29)28-27-13-15-11-19(26)22(20(12-15)30-2)31-14-16-7-3-4-9-18(16)25/h3-4,7,9,11-13,17,21H,5-6,8,10,14H2,1-2H3,(H,28,29)/b27-13-/t17-,21-,24-/m0/s1. The SMILES string of the molecule is COc1cc(/C=N\NC(=O)[C@@H]2[C@@H]3CCCC[C@]23C)cc(I)c1OCc1ccccc1Cl. The number of hydrogen-bond donors (Lipinski definition) is 1. The molecule has 1 N–H and O–H groups in total. The molecule has 7 heteroatoms. The van der Waals surface area contributed by atoms with Crippen LogP contribution in [0, 0.1) is 20.8 Å². The van der Waals surface area contributed by atoms with Gasteiger partial charge in [-0.15, -0.1) is 0 Å². The Hall–Kier alpha value is -1.80. The average Bonchev–Trinajstić information content (AvgIpc) is 3.39. The highest BCUT2D eigenvalue weighted by Gasteiger charge is 2.64. The largest absolute Gasteiger partial charge is 0.493 e. The Morgan fingerprint density at radius 2 is 2.16 bits per heavy atom. The van der Waals surface area contributed by atoms with E-state index < -0.39 is 0 Å². The van der Waals surface area contributed by atoms with Crippen molar-refractivity contribution in [2.24, 2.45) is 22.4 Å². The number of amides is 1. The smallest absolute Gasteiger partial charge is 0.244 e. The zero-order chi connectivity index (χ0) is 22.0. The summed E-state index contributed by atoms with van der Waals surface area (Å²) in [6, 6.07) is 11.4. The van der Waals surface area contributed by atoms with Gasteiger partial charge in [-0.25, -0.2) is 5.43 Å². The lowest BCUT2D eigenvalue weighted by atomic mass is 9.90. The lowest BCUT2D eigenvalue weighted by molar-refractivity contribution is -0.123. The lowest BCUT2D eigenvalue weighted by Gasteiger charge is -2.15. The summed E-state index contributed by atoms with van der Waals surface area (Å²) in [5, 5.41) is 4.87. The maximum absolute atomic E-state index is 12.6. The van der Waals surface area contributed by atoms with Gasteiger partial charge in [0.1, 0.15) is 6.61 Å². The first-order valence-electron chi connectivity index (χ1n) is 10.5. The van der Waals surface area contributed by atoms with E-state index in [9.17, 15) is 4.79 Å². The highest BCUT2D eigenvalue weighted by molar-refractivity contribution is 14.1. The summed E-state index contributed by atoms with van der Waals surface area (Å²) in [5.74, 6) is 1.91. The summed E-state index contributed by atoms with van der Waals surface area (Å²) < 4.78 is 12.4. The zero-order valence-electron chi connectivity index (χ0n) is 17.7. The lowest BCUT2D eigenvalue weighted by Crippen LogP contribution is -2.22. The van der Waals surface area contributed by atoms with Gasteiger partial charge in [-0.3, -0.25) is 4.79 Å². The molecule has 164 valence electrons. The molecule has 2 fully saturated rings. The molecule has 2 aliphatic rings. The van der Waals surface area contributed by atoms with E-state index >= 15 is 0 Å². The van der Waals surface area contributed by atoms with E-state index in [4.69, 9.17) is 21.1 Å². The van der Waals surface area contributed by atoms with Crippen molar-refractivity contribution in [3.63, 3.8) is 0 Å². The van der Waals surface area contributed by atoms with Crippen LogP contribution in [0.15, 0.2) is 41.5 Å². The second kappa shape index (κ2) is 9.36. The van der Waals surface area contributed by atoms with Gasteiger partial charge in [0.2, 0.25) is 5.91 Å². The van der Waals surface area contributed by atoms with E-state index in [1.807, 2.05) is 36.4 Å². The van der Waals surface area contributed by atoms with Crippen LogP contribution in [0.1, 0.15) is 43.7 Å². The fourth-order valence-corrected chi connectivity index (χ4v) is 5.78. The molecule has 5 nitrogen and oxygen atoms in total. The van der Waals surface area contributed by atoms with Crippen LogP contribution in [0.5, 0.6) is 11.5 Å². The number of carbonyl (C=O) groups is 1. The molecule has 2 aromatic rings. The summed E-state index contributed by atoms with van der Waals surface area (Å²) in [5.41, 5.74) is 4.65. The maximum Gasteiger partial charge on any atom is 0.244 e. The van der Waals surface area contributed by atoms with Gasteiger partial charge in [-0.05, 0) is 70.5 Å². The molecular weight excluding hydrogens is 527 g/mol. The minimum atomic E-state index is 0.0343. The quantitative estimate of drug-likeness (QED) is 0.268. The van der Waals surface area contributed by atoms with Gasteiger partial charge < -0.3 is 9.47 Å². The van der Waals surface area contributed by atoms with Crippen molar-refractivity contribution in [1.82, 2.24) is 5.43 Å². The topological polar surface area (TPSA) is 59.9 Å². The molecule has 0 unspecified atom stereocenters. The Kier molecular flexibility index (Phi) is 6.77. The van der Waals surface area contributed by atoms with Crippen LogP contribution in [-0.2, 0) is 11.4 Å². The van der Waals surface area contributed by atoms with Crippen LogP contribution in [0.3, 0.4) is 0 Å². The first-order chi connectivity index (χ1) is 14.9. The summed E-state index contributed by atoms with van der Waals surface area (Å²) in [6.07, 6.45) is 6.41. The highest BCUT2D eigenvalue weighted by atomic mass is 127. The molecule has 3 atom stereocenters. The number of nitrogens with zero attached hydrogens (tertiary/aromatic N) is 1. The van der Waals surface area contributed by atoms with E-state index in [0.717, 1.165) is 27.5 Å². The minimum absolute atomic E-state index is 0.0343. The van der Waals surface area contributed by atoms with Crippen LogP contribution in [-0.4, -0.2) is 19.2 Å². The number of methoxy groups -OCH3 is 1. The van der Waals surface area contributed by atoms with Crippen molar-refractivity contribution < 1.29 is 14.3 Å². The molecule has 2 saturated carbocycles. The summed E-state index contributed by atoms with van der Waals surface area (Å²) in [7, 11) is 1.60. The van der Waals surface area contributed by atoms with E-state index in [1.54, 1.807) is 13.3 Å². The third-order valence-corrected chi connectivity index (χ3v) is 7.75.